The Morgan fingerprint density at radius 3 is 2.61 bits per heavy atom. The number of halogens is 2. The van der Waals surface area contributed by atoms with Crippen LogP contribution in [0.5, 0.6) is 0 Å². The molecule has 0 aromatic heterocycles. The average molecular weight is 485 g/mol. The smallest absolute Gasteiger partial charge is 0.326 e. The van der Waals surface area contributed by atoms with Gasteiger partial charge in [-0.25, -0.2) is 13.2 Å². The third-order valence-electron chi connectivity index (χ3n) is 5.19. The molecule has 0 unspecified atom stereocenters. The summed E-state index contributed by atoms with van der Waals surface area (Å²) in [7, 11) is -1.47. The number of carbonyl (C=O) groups excluding carboxylic acids is 1. The number of amides is 1. The summed E-state index contributed by atoms with van der Waals surface area (Å²) in [5, 5.41) is 12.5. The largest absolute Gasteiger partial charge is 0.480 e. The summed E-state index contributed by atoms with van der Waals surface area (Å²) >= 11 is 12.8. The number of fused-ring (bicyclic) bond motifs is 1. The molecule has 0 aliphatic carbocycles. The predicted octanol–water partition coefficient (Wildman–Crippen LogP) is 2.81. The molecule has 2 aromatic carbocycles. The first kappa shape index (κ1) is 23.5. The van der Waals surface area contributed by atoms with E-state index in [1.807, 2.05) is 7.05 Å². The number of likely N-dealkylation sites (N-methyl/N-ethyl adjacent to an activating group) is 1. The van der Waals surface area contributed by atoms with Crippen molar-refractivity contribution in [2.24, 2.45) is 0 Å². The van der Waals surface area contributed by atoms with E-state index in [0.717, 1.165) is 23.9 Å². The fraction of sp³-hybridized carbons (Fsp3) is 0.333. The molecule has 0 saturated heterocycles. The van der Waals surface area contributed by atoms with Gasteiger partial charge in [0.05, 0.1) is 20.5 Å². The highest BCUT2D eigenvalue weighted by atomic mass is 35.5. The summed E-state index contributed by atoms with van der Waals surface area (Å²) in [6.45, 7) is 1.44. The van der Waals surface area contributed by atoms with E-state index < -0.39 is 27.8 Å². The number of carbonyl (C=O) groups is 2. The molecule has 31 heavy (non-hydrogen) atoms. The molecule has 166 valence electrons. The van der Waals surface area contributed by atoms with E-state index in [9.17, 15) is 23.1 Å². The monoisotopic (exact) mass is 484 g/mol. The molecule has 0 saturated carbocycles. The van der Waals surface area contributed by atoms with Crippen molar-refractivity contribution < 1.29 is 23.1 Å². The van der Waals surface area contributed by atoms with Crippen LogP contribution in [0.2, 0.25) is 10.0 Å². The first-order valence-electron chi connectivity index (χ1n) is 9.48. The van der Waals surface area contributed by atoms with Crippen LogP contribution in [0, 0.1) is 0 Å². The summed E-state index contributed by atoms with van der Waals surface area (Å²) in [6, 6.07) is 6.35. The maximum absolute atomic E-state index is 12.9. The van der Waals surface area contributed by atoms with Gasteiger partial charge >= 0.3 is 5.97 Å². The van der Waals surface area contributed by atoms with Crippen LogP contribution >= 0.6 is 23.2 Å². The number of hydrogen-bond acceptors (Lipinski definition) is 5. The zero-order valence-corrected chi connectivity index (χ0v) is 19.3. The second kappa shape index (κ2) is 9.16. The van der Waals surface area contributed by atoms with E-state index in [4.69, 9.17) is 23.2 Å². The zero-order valence-electron chi connectivity index (χ0n) is 17.0. The van der Waals surface area contributed by atoms with E-state index >= 15 is 0 Å². The SMILES string of the molecule is CN1CCc2c(cc(Cl)c(C(=O)N[C@@H](Cc3cccc(S(C)(=O)=O)c3)C(=O)O)c2Cl)C1. The average Bonchev–Trinajstić information content (AvgIpc) is 2.66. The van der Waals surface area contributed by atoms with Gasteiger partial charge in [-0.3, -0.25) is 4.79 Å². The summed E-state index contributed by atoms with van der Waals surface area (Å²) in [5.74, 6) is -1.95. The molecule has 0 radical (unpaired) electrons. The van der Waals surface area contributed by atoms with Crippen molar-refractivity contribution in [1.29, 1.82) is 0 Å². The van der Waals surface area contributed by atoms with Crippen LogP contribution < -0.4 is 5.32 Å². The van der Waals surface area contributed by atoms with Gasteiger partial charge in [0.15, 0.2) is 9.84 Å². The maximum atomic E-state index is 12.9. The molecule has 1 amide bonds. The second-order valence-electron chi connectivity index (χ2n) is 7.66. The molecular weight excluding hydrogens is 463 g/mol. The van der Waals surface area contributed by atoms with Gasteiger partial charge in [-0.15, -0.1) is 0 Å². The van der Waals surface area contributed by atoms with Gasteiger partial charge < -0.3 is 15.3 Å². The van der Waals surface area contributed by atoms with Gasteiger partial charge in [0, 0.05) is 25.8 Å². The number of carboxylic acid groups (broad SMARTS) is 1. The van der Waals surface area contributed by atoms with Crippen LogP contribution in [-0.2, 0) is 34.0 Å². The number of benzene rings is 2. The van der Waals surface area contributed by atoms with E-state index in [-0.39, 0.29) is 26.9 Å². The fourth-order valence-corrected chi connectivity index (χ4v) is 5.03. The Morgan fingerprint density at radius 2 is 1.97 bits per heavy atom. The lowest BCUT2D eigenvalue weighted by Gasteiger charge is -2.27. The van der Waals surface area contributed by atoms with Crippen LogP contribution in [0.1, 0.15) is 27.0 Å². The quantitative estimate of drug-likeness (QED) is 0.653. The highest BCUT2D eigenvalue weighted by Gasteiger charge is 2.27. The van der Waals surface area contributed by atoms with Crippen LogP contribution in [-0.4, -0.2) is 56.2 Å². The van der Waals surface area contributed by atoms with Gasteiger partial charge in [0.25, 0.3) is 5.91 Å². The minimum absolute atomic E-state index is 0.0442. The number of nitrogens with zero attached hydrogens (tertiary/aromatic N) is 1. The third-order valence-corrected chi connectivity index (χ3v) is 7.02. The van der Waals surface area contributed by atoms with Crippen molar-refractivity contribution in [2.45, 2.75) is 30.3 Å². The number of sulfone groups is 1. The van der Waals surface area contributed by atoms with Crippen LogP contribution in [0.25, 0.3) is 0 Å². The Bertz CT molecular complexity index is 1150. The van der Waals surface area contributed by atoms with Gasteiger partial charge in [0.2, 0.25) is 0 Å². The standard InChI is InChI=1S/C21H22Cl2N2O5S/c1-25-7-6-15-13(11-25)10-16(22)18(19(15)23)20(26)24-17(21(27)28)9-12-4-3-5-14(8-12)31(2,29)30/h3-5,8,10,17H,6-7,9,11H2,1-2H3,(H,24,26)(H,27,28)/t17-/m0/s1. The van der Waals surface area contributed by atoms with Crippen molar-refractivity contribution in [2.75, 3.05) is 19.8 Å². The molecule has 1 heterocycles. The molecule has 10 heteroatoms. The molecule has 0 spiro atoms. The Hall–Kier alpha value is -2.13. The highest BCUT2D eigenvalue weighted by molar-refractivity contribution is 7.90. The van der Waals surface area contributed by atoms with E-state index in [1.54, 1.807) is 12.1 Å². The van der Waals surface area contributed by atoms with Crippen LogP contribution in [0.3, 0.4) is 0 Å². The lowest BCUT2D eigenvalue weighted by molar-refractivity contribution is -0.139. The first-order chi connectivity index (χ1) is 14.5. The van der Waals surface area contributed by atoms with Crippen molar-refractivity contribution in [3.63, 3.8) is 0 Å². The number of carboxylic acids is 1. The molecule has 3 rings (SSSR count). The van der Waals surface area contributed by atoms with Crippen molar-refractivity contribution in [3.8, 4) is 0 Å². The number of hydrogen-bond donors (Lipinski definition) is 2. The topological polar surface area (TPSA) is 104 Å². The summed E-state index contributed by atoms with van der Waals surface area (Å²) in [5.41, 5.74) is 2.28. The Balaban J connectivity index is 1.86. The van der Waals surface area contributed by atoms with Crippen LogP contribution in [0.15, 0.2) is 35.2 Å². The second-order valence-corrected chi connectivity index (χ2v) is 10.5. The third kappa shape index (κ3) is 5.38. The summed E-state index contributed by atoms with van der Waals surface area (Å²) in [6.07, 6.45) is 1.62. The van der Waals surface area contributed by atoms with Crippen molar-refractivity contribution in [1.82, 2.24) is 10.2 Å². The first-order valence-corrected chi connectivity index (χ1v) is 12.1. The molecule has 1 aliphatic heterocycles. The Kier molecular flexibility index (Phi) is 6.95. The number of nitrogens with one attached hydrogen (secondary N) is 1. The molecule has 2 aromatic rings. The number of rotatable bonds is 6. The normalized spacial score (nSPS) is 15.2. The highest BCUT2D eigenvalue weighted by Crippen LogP contribution is 2.34. The van der Waals surface area contributed by atoms with Gasteiger partial charge in [-0.2, -0.15) is 0 Å². The molecular formula is C21H22Cl2N2O5S. The van der Waals surface area contributed by atoms with Crippen molar-refractivity contribution >= 4 is 44.9 Å². The van der Waals surface area contributed by atoms with E-state index in [2.05, 4.69) is 10.2 Å². The predicted molar refractivity (Wildman–Crippen MR) is 119 cm³/mol. The molecule has 0 bridgehead atoms. The molecule has 0 fully saturated rings. The van der Waals surface area contributed by atoms with Crippen LogP contribution in [0.4, 0.5) is 0 Å². The van der Waals surface area contributed by atoms with Gasteiger partial charge in [-0.05, 0) is 48.4 Å². The minimum Gasteiger partial charge on any atom is -0.480 e. The number of aliphatic carboxylic acids is 1. The van der Waals surface area contributed by atoms with Gasteiger partial charge in [0.1, 0.15) is 6.04 Å². The zero-order chi connectivity index (χ0) is 22.9. The molecule has 1 atom stereocenters. The minimum atomic E-state index is -3.44. The van der Waals surface area contributed by atoms with Gasteiger partial charge in [-0.1, -0.05) is 35.3 Å². The Labute approximate surface area is 190 Å². The fourth-order valence-electron chi connectivity index (χ4n) is 3.57. The molecule has 2 N–H and O–H groups in total. The summed E-state index contributed by atoms with van der Waals surface area (Å²) < 4.78 is 23.5. The van der Waals surface area contributed by atoms with Crippen molar-refractivity contribution in [3.05, 3.63) is 62.6 Å². The molecule has 1 aliphatic rings. The maximum Gasteiger partial charge on any atom is 0.326 e. The van der Waals surface area contributed by atoms with E-state index in [1.165, 1.54) is 18.2 Å². The summed E-state index contributed by atoms with van der Waals surface area (Å²) in [4.78, 5) is 26.9. The Morgan fingerprint density at radius 1 is 1.26 bits per heavy atom. The lowest BCUT2D eigenvalue weighted by atomic mass is 9.96. The van der Waals surface area contributed by atoms with E-state index in [0.29, 0.717) is 18.5 Å². The molecule has 7 nitrogen and oxygen atoms in total. The lowest BCUT2D eigenvalue weighted by Crippen LogP contribution is -2.42.